The Balaban J connectivity index is 2.07. The van der Waals surface area contributed by atoms with Gasteiger partial charge in [0.15, 0.2) is 6.29 Å². The summed E-state index contributed by atoms with van der Waals surface area (Å²) in [6.45, 7) is 2.21. The van der Waals surface area contributed by atoms with Crippen molar-refractivity contribution >= 4 is 23.0 Å². The zero-order chi connectivity index (χ0) is 13.4. The minimum absolute atomic E-state index is 0.437. The second kappa shape index (κ2) is 4.65. The molecule has 1 aliphatic carbocycles. The number of benzene rings is 1. The SMILES string of the molecule is CC(C1CC1)N(C)c1nc2ccccc2cc1C=O. The molecule has 3 heteroatoms. The maximum absolute atomic E-state index is 11.3. The summed E-state index contributed by atoms with van der Waals surface area (Å²) in [6, 6.07) is 10.3. The van der Waals surface area contributed by atoms with Gasteiger partial charge in [-0.1, -0.05) is 18.2 Å². The van der Waals surface area contributed by atoms with E-state index in [-0.39, 0.29) is 0 Å². The third-order valence-corrected chi connectivity index (χ3v) is 4.11. The number of carbonyl (C=O) groups is 1. The molecule has 1 fully saturated rings. The van der Waals surface area contributed by atoms with E-state index in [1.54, 1.807) is 0 Å². The summed E-state index contributed by atoms with van der Waals surface area (Å²) < 4.78 is 0. The predicted octanol–water partition coefficient (Wildman–Crippen LogP) is 3.28. The largest absolute Gasteiger partial charge is 0.356 e. The van der Waals surface area contributed by atoms with Gasteiger partial charge in [-0.05, 0) is 37.8 Å². The molecule has 0 amide bonds. The first-order valence-electron chi connectivity index (χ1n) is 6.78. The summed E-state index contributed by atoms with van der Waals surface area (Å²) in [5.74, 6) is 1.55. The predicted molar refractivity (Wildman–Crippen MR) is 77.7 cm³/mol. The van der Waals surface area contributed by atoms with Crippen molar-refractivity contribution in [2.24, 2.45) is 5.92 Å². The number of rotatable bonds is 4. The fourth-order valence-corrected chi connectivity index (χ4v) is 2.58. The van der Waals surface area contributed by atoms with E-state index in [4.69, 9.17) is 0 Å². The summed E-state index contributed by atoms with van der Waals surface area (Å²) >= 11 is 0. The number of para-hydroxylation sites is 1. The average Bonchev–Trinajstić information content (AvgIpc) is 3.28. The van der Waals surface area contributed by atoms with Crippen molar-refractivity contribution in [1.29, 1.82) is 0 Å². The molecule has 0 aliphatic heterocycles. The highest BCUT2D eigenvalue weighted by Gasteiger charge is 2.31. The van der Waals surface area contributed by atoms with Crippen LogP contribution in [0.4, 0.5) is 5.82 Å². The van der Waals surface area contributed by atoms with E-state index in [0.717, 1.165) is 28.9 Å². The highest BCUT2D eigenvalue weighted by atomic mass is 16.1. The first-order chi connectivity index (χ1) is 9.20. The molecule has 19 heavy (non-hydrogen) atoms. The number of nitrogens with zero attached hydrogens (tertiary/aromatic N) is 2. The molecule has 0 spiro atoms. The van der Waals surface area contributed by atoms with Gasteiger partial charge in [0.1, 0.15) is 5.82 Å². The van der Waals surface area contributed by atoms with Gasteiger partial charge in [0, 0.05) is 18.5 Å². The van der Waals surface area contributed by atoms with E-state index in [0.29, 0.717) is 11.6 Å². The van der Waals surface area contributed by atoms with Gasteiger partial charge in [-0.15, -0.1) is 0 Å². The number of fused-ring (bicyclic) bond motifs is 1. The van der Waals surface area contributed by atoms with Crippen LogP contribution in [0.1, 0.15) is 30.1 Å². The maximum Gasteiger partial charge on any atom is 0.153 e. The average molecular weight is 254 g/mol. The fourth-order valence-electron chi connectivity index (χ4n) is 2.58. The standard InChI is InChI=1S/C16H18N2O/c1-11(12-7-8-12)18(2)16-14(10-19)9-13-5-3-4-6-15(13)17-16/h3-6,9-12H,7-8H2,1-2H3. The lowest BCUT2D eigenvalue weighted by molar-refractivity contribution is 0.112. The summed E-state index contributed by atoms with van der Waals surface area (Å²) in [5, 5.41) is 1.01. The van der Waals surface area contributed by atoms with Gasteiger partial charge in [0.2, 0.25) is 0 Å². The first-order valence-corrected chi connectivity index (χ1v) is 6.78. The summed E-state index contributed by atoms with van der Waals surface area (Å²) in [7, 11) is 2.03. The molecular formula is C16H18N2O. The van der Waals surface area contributed by atoms with Gasteiger partial charge in [-0.2, -0.15) is 0 Å². The quantitative estimate of drug-likeness (QED) is 0.785. The Morgan fingerprint density at radius 3 is 2.79 bits per heavy atom. The first kappa shape index (κ1) is 12.2. The van der Waals surface area contributed by atoms with Crippen molar-refractivity contribution in [3.8, 4) is 0 Å². The molecular weight excluding hydrogens is 236 g/mol. The van der Waals surface area contributed by atoms with Crippen LogP contribution in [-0.2, 0) is 0 Å². The van der Waals surface area contributed by atoms with E-state index >= 15 is 0 Å². The van der Waals surface area contributed by atoms with Crippen molar-refractivity contribution in [3.05, 3.63) is 35.9 Å². The van der Waals surface area contributed by atoms with E-state index < -0.39 is 0 Å². The number of aromatic nitrogens is 1. The maximum atomic E-state index is 11.3. The number of carbonyl (C=O) groups excluding carboxylic acids is 1. The molecule has 1 heterocycles. The second-order valence-corrected chi connectivity index (χ2v) is 5.40. The zero-order valence-corrected chi connectivity index (χ0v) is 11.3. The van der Waals surface area contributed by atoms with Crippen LogP contribution in [0, 0.1) is 5.92 Å². The smallest absolute Gasteiger partial charge is 0.153 e. The van der Waals surface area contributed by atoms with Crippen LogP contribution in [0.5, 0.6) is 0 Å². The van der Waals surface area contributed by atoms with Gasteiger partial charge in [0.25, 0.3) is 0 Å². The molecule has 0 radical (unpaired) electrons. The van der Waals surface area contributed by atoms with Crippen molar-refractivity contribution in [2.75, 3.05) is 11.9 Å². The van der Waals surface area contributed by atoms with E-state index in [9.17, 15) is 4.79 Å². The number of pyridine rings is 1. The van der Waals surface area contributed by atoms with Crippen LogP contribution in [0.15, 0.2) is 30.3 Å². The van der Waals surface area contributed by atoms with Gasteiger partial charge < -0.3 is 4.90 Å². The molecule has 0 bridgehead atoms. The zero-order valence-electron chi connectivity index (χ0n) is 11.3. The summed E-state index contributed by atoms with van der Waals surface area (Å²) in [6.07, 6.45) is 3.48. The second-order valence-electron chi connectivity index (χ2n) is 5.40. The van der Waals surface area contributed by atoms with Gasteiger partial charge in [0.05, 0.1) is 11.1 Å². The van der Waals surface area contributed by atoms with E-state index in [1.807, 2.05) is 37.4 Å². The summed E-state index contributed by atoms with van der Waals surface area (Å²) in [5.41, 5.74) is 1.62. The molecule has 1 saturated carbocycles. The molecule has 3 nitrogen and oxygen atoms in total. The number of anilines is 1. The lowest BCUT2D eigenvalue weighted by Gasteiger charge is -2.27. The fraction of sp³-hybridized carbons (Fsp3) is 0.375. The lowest BCUT2D eigenvalue weighted by atomic mass is 10.1. The van der Waals surface area contributed by atoms with Crippen molar-refractivity contribution < 1.29 is 4.79 Å². The van der Waals surface area contributed by atoms with Crippen LogP contribution in [0.3, 0.4) is 0 Å². The van der Waals surface area contributed by atoms with Crippen LogP contribution in [0.25, 0.3) is 10.9 Å². The molecule has 0 N–H and O–H groups in total. The molecule has 0 saturated heterocycles. The number of hydrogen-bond acceptors (Lipinski definition) is 3. The molecule has 1 aromatic carbocycles. The van der Waals surface area contributed by atoms with Gasteiger partial charge in [-0.3, -0.25) is 4.79 Å². The Labute approximate surface area is 113 Å². The Hall–Kier alpha value is -1.90. The topological polar surface area (TPSA) is 33.2 Å². The molecule has 1 aromatic heterocycles. The van der Waals surface area contributed by atoms with Crippen LogP contribution >= 0.6 is 0 Å². The number of aldehydes is 1. The highest BCUT2D eigenvalue weighted by molar-refractivity contribution is 5.91. The highest BCUT2D eigenvalue weighted by Crippen LogP contribution is 2.36. The Kier molecular flexibility index (Phi) is 2.97. The third kappa shape index (κ3) is 2.21. The minimum Gasteiger partial charge on any atom is -0.356 e. The van der Waals surface area contributed by atoms with E-state index in [2.05, 4.69) is 16.8 Å². The molecule has 98 valence electrons. The van der Waals surface area contributed by atoms with Crippen LogP contribution in [0.2, 0.25) is 0 Å². The Bertz CT molecular complexity index is 619. The monoisotopic (exact) mass is 254 g/mol. The van der Waals surface area contributed by atoms with Gasteiger partial charge in [-0.25, -0.2) is 4.98 Å². The minimum atomic E-state index is 0.437. The molecule has 1 atom stereocenters. The number of hydrogen-bond donors (Lipinski definition) is 0. The van der Waals surface area contributed by atoms with E-state index in [1.165, 1.54) is 12.8 Å². The summed E-state index contributed by atoms with van der Waals surface area (Å²) in [4.78, 5) is 18.1. The van der Waals surface area contributed by atoms with Crippen LogP contribution in [-0.4, -0.2) is 24.4 Å². The normalized spacial score (nSPS) is 16.3. The molecule has 2 aromatic rings. The lowest BCUT2D eigenvalue weighted by Crippen LogP contribution is -2.32. The van der Waals surface area contributed by atoms with Gasteiger partial charge >= 0.3 is 0 Å². The molecule has 1 aliphatic rings. The third-order valence-electron chi connectivity index (χ3n) is 4.11. The van der Waals surface area contributed by atoms with Crippen molar-refractivity contribution in [3.63, 3.8) is 0 Å². The van der Waals surface area contributed by atoms with Crippen LogP contribution < -0.4 is 4.90 Å². The Morgan fingerprint density at radius 2 is 2.11 bits per heavy atom. The molecule has 3 rings (SSSR count). The molecule has 1 unspecified atom stereocenters. The van der Waals surface area contributed by atoms with Crippen molar-refractivity contribution in [2.45, 2.75) is 25.8 Å². The van der Waals surface area contributed by atoms with Crippen molar-refractivity contribution in [1.82, 2.24) is 4.98 Å². The Morgan fingerprint density at radius 1 is 1.37 bits per heavy atom.